The SMILES string of the molecule is Cc1cc(N2CC(C(=O)NCCCN3C(=O)CCC3=O)CC2=O)ccc1Br. The predicted molar refractivity (Wildman–Crippen MR) is 103 cm³/mol. The standard InChI is InChI=1S/C19H22BrN3O4/c1-12-9-14(3-4-15(12)20)23-11-13(10-18(23)26)19(27)21-7-2-8-22-16(24)5-6-17(22)25/h3-4,9,13H,2,5-8,10-11H2,1H3,(H,21,27). The van der Waals surface area contributed by atoms with Gasteiger partial charge in [0.1, 0.15) is 0 Å². The fourth-order valence-corrected chi connectivity index (χ4v) is 3.64. The third kappa shape index (κ3) is 4.37. The first kappa shape index (κ1) is 19.5. The van der Waals surface area contributed by atoms with Crippen molar-refractivity contribution in [1.29, 1.82) is 0 Å². The number of anilines is 1. The number of aryl methyl sites for hydroxylation is 1. The minimum absolute atomic E-state index is 0.0647. The molecule has 2 aliphatic heterocycles. The fraction of sp³-hybridized carbons (Fsp3) is 0.474. The van der Waals surface area contributed by atoms with Crippen LogP contribution in [0.3, 0.4) is 0 Å². The zero-order chi connectivity index (χ0) is 19.6. The van der Waals surface area contributed by atoms with E-state index >= 15 is 0 Å². The molecule has 7 nitrogen and oxygen atoms in total. The Hall–Kier alpha value is -2.22. The van der Waals surface area contributed by atoms with Gasteiger partial charge in [-0.3, -0.25) is 24.1 Å². The van der Waals surface area contributed by atoms with Crippen LogP contribution in [0, 0.1) is 12.8 Å². The summed E-state index contributed by atoms with van der Waals surface area (Å²) < 4.78 is 0.974. The van der Waals surface area contributed by atoms with E-state index in [1.807, 2.05) is 25.1 Å². The normalized spacial score (nSPS) is 19.9. The van der Waals surface area contributed by atoms with E-state index in [9.17, 15) is 19.2 Å². The Morgan fingerprint density at radius 1 is 1.19 bits per heavy atom. The van der Waals surface area contributed by atoms with Crippen LogP contribution in [-0.4, -0.2) is 48.2 Å². The van der Waals surface area contributed by atoms with E-state index in [4.69, 9.17) is 0 Å². The minimum atomic E-state index is -0.392. The van der Waals surface area contributed by atoms with Crippen molar-refractivity contribution in [2.24, 2.45) is 5.92 Å². The van der Waals surface area contributed by atoms with E-state index in [1.165, 1.54) is 4.90 Å². The van der Waals surface area contributed by atoms with Crippen LogP contribution in [0.5, 0.6) is 0 Å². The zero-order valence-corrected chi connectivity index (χ0v) is 16.8. The number of nitrogens with one attached hydrogen (secondary N) is 1. The first-order valence-electron chi connectivity index (χ1n) is 9.04. The molecule has 2 heterocycles. The summed E-state index contributed by atoms with van der Waals surface area (Å²) >= 11 is 3.44. The Bertz CT molecular complexity index is 779. The van der Waals surface area contributed by atoms with E-state index in [0.29, 0.717) is 26.1 Å². The molecule has 1 atom stereocenters. The van der Waals surface area contributed by atoms with Gasteiger partial charge in [-0.25, -0.2) is 0 Å². The number of amides is 4. The van der Waals surface area contributed by atoms with E-state index in [0.717, 1.165) is 15.7 Å². The highest BCUT2D eigenvalue weighted by atomic mass is 79.9. The third-order valence-electron chi connectivity index (χ3n) is 4.96. The monoisotopic (exact) mass is 435 g/mol. The van der Waals surface area contributed by atoms with Crippen LogP contribution < -0.4 is 10.2 Å². The van der Waals surface area contributed by atoms with Crippen molar-refractivity contribution in [3.8, 4) is 0 Å². The minimum Gasteiger partial charge on any atom is -0.356 e. The molecule has 0 aliphatic carbocycles. The highest BCUT2D eigenvalue weighted by molar-refractivity contribution is 9.10. The number of benzene rings is 1. The summed E-state index contributed by atoms with van der Waals surface area (Å²) in [6.45, 7) is 3.01. The fourth-order valence-electron chi connectivity index (χ4n) is 3.39. The van der Waals surface area contributed by atoms with Crippen LogP contribution >= 0.6 is 15.9 Å². The molecule has 0 bridgehead atoms. The first-order valence-corrected chi connectivity index (χ1v) is 9.83. The summed E-state index contributed by atoms with van der Waals surface area (Å²) in [6, 6.07) is 5.68. The molecule has 4 amide bonds. The number of carbonyl (C=O) groups is 4. The molecule has 2 saturated heterocycles. The number of halogens is 1. The molecular formula is C19H22BrN3O4. The topological polar surface area (TPSA) is 86.8 Å². The lowest BCUT2D eigenvalue weighted by atomic mass is 10.1. The van der Waals surface area contributed by atoms with E-state index in [-0.39, 0.29) is 42.9 Å². The Labute approximate surface area is 166 Å². The van der Waals surface area contributed by atoms with Crippen molar-refractivity contribution in [3.05, 3.63) is 28.2 Å². The lowest BCUT2D eigenvalue weighted by Crippen LogP contribution is -2.36. The molecule has 2 fully saturated rings. The van der Waals surface area contributed by atoms with Gasteiger partial charge in [-0.05, 0) is 37.1 Å². The van der Waals surface area contributed by atoms with Gasteiger partial charge >= 0.3 is 0 Å². The number of imide groups is 1. The van der Waals surface area contributed by atoms with Gasteiger partial charge < -0.3 is 10.2 Å². The van der Waals surface area contributed by atoms with Gasteiger partial charge in [-0.1, -0.05) is 15.9 Å². The molecule has 2 aliphatic rings. The van der Waals surface area contributed by atoms with Crippen molar-refractivity contribution in [3.63, 3.8) is 0 Å². The van der Waals surface area contributed by atoms with Crippen LogP contribution in [0.1, 0.15) is 31.2 Å². The van der Waals surface area contributed by atoms with Gasteiger partial charge in [0.2, 0.25) is 23.6 Å². The third-order valence-corrected chi connectivity index (χ3v) is 5.85. The Morgan fingerprint density at radius 2 is 1.89 bits per heavy atom. The van der Waals surface area contributed by atoms with Gasteiger partial charge in [0, 0.05) is 49.1 Å². The molecular weight excluding hydrogens is 414 g/mol. The summed E-state index contributed by atoms with van der Waals surface area (Å²) in [5.74, 6) is -0.915. The largest absolute Gasteiger partial charge is 0.356 e. The Morgan fingerprint density at radius 3 is 2.56 bits per heavy atom. The number of carbonyl (C=O) groups excluding carboxylic acids is 4. The lowest BCUT2D eigenvalue weighted by Gasteiger charge is -2.18. The van der Waals surface area contributed by atoms with Crippen LogP contribution in [0.25, 0.3) is 0 Å². The molecule has 1 unspecified atom stereocenters. The number of hydrogen-bond donors (Lipinski definition) is 1. The average molecular weight is 436 g/mol. The summed E-state index contributed by atoms with van der Waals surface area (Å²) in [6.07, 6.45) is 1.25. The van der Waals surface area contributed by atoms with Gasteiger partial charge in [-0.15, -0.1) is 0 Å². The van der Waals surface area contributed by atoms with Crippen molar-refractivity contribution in [2.75, 3.05) is 24.5 Å². The van der Waals surface area contributed by atoms with Crippen LogP contribution in [0.4, 0.5) is 5.69 Å². The number of hydrogen-bond acceptors (Lipinski definition) is 4. The molecule has 1 aromatic carbocycles. The molecule has 1 N–H and O–H groups in total. The molecule has 0 radical (unpaired) electrons. The molecule has 8 heteroatoms. The van der Waals surface area contributed by atoms with Gasteiger partial charge in [0.25, 0.3) is 0 Å². The second-order valence-corrected chi connectivity index (χ2v) is 7.78. The van der Waals surface area contributed by atoms with Gasteiger partial charge in [0.05, 0.1) is 5.92 Å². The smallest absolute Gasteiger partial charge is 0.229 e. The Kier molecular flexibility index (Phi) is 5.94. The van der Waals surface area contributed by atoms with Crippen LogP contribution in [0.2, 0.25) is 0 Å². The van der Waals surface area contributed by atoms with E-state index in [1.54, 1.807) is 4.90 Å². The predicted octanol–water partition coefficient (Wildman–Crippen LogP) is 1.77. The quantitative estimate of drug-likeness (QED) is 0.544. The van der Waals surface area contributed by atoms with Crippen molar-refractivity contribution < 1.29 is 19.2 Å². The number of likely N-dealkylation sites (tertiary alicyclic amines) is 1. The van der Waals surface area contributed by atoms with Crippen molar-refractivity contribution in [1.82, 2.24) is 10.2 Å². The van der Waals surface area contributed by atoms with Gasteiger partial charge in [-0.2, -0.15) is 0 Å². The second kappa shape index (κ2) is 8.21. The summed E-state index contributed by atoms with van der Waals surface area (Å²) in [5.41, 5.74) is 1.82. The molecule has 0 saturated carbocycles. The van der Waals surface area contributed by atoms with E-state index < -0.39 is 5.92 Å². The summed E-state index contributed by atoms with van der Waals surface area (Å²) in [7, 11) is 0. The van der Waals surface area contributed by atoms with Crippen LogP contribution in [-0.2, 0) is 19.2 Å². The van der Waals surface area contributed by atoms with Gasteiger partial charge in [0.15, 0.2) is 0 Å². The van der Waals surface area contributed by atoms with Crippen molar-refractivity contribution in [2.45, 2.75) is 32.6 Å². The Balaban J connectivity index is 1.48. The number of rotatable bonds is 6. The molecule has 0 aromatic heterocycles. The molecule has 0 spiro atoms. The lowest BCUT2D eigenvalue weighted by molar-refractivity contribution is -0.138. The summed E-state index contributed by atoms with van der Waals surface area (Å²) in [4.78, 5) is 50.7. The maximum absolute atomic E-state index is 12.4. The first-order chi connectivity index (χ1) is 12.9. The zero-order valence-electron chi connectivity index (χ0n) is 15.2. The number of nitrogens with zero attached hydrogens (tertiary/aromatic N) is 2. The highest BCUT2D eigenvalue weighted by Crippen LogP contribution is 2.28. The highest BCUT2D eigenvalue weighted by Gasteiger charge is 2.35. The molecule has 3 rings (SSSR count). The molecule has 144 valence electrons. The maximum atomic E-state index is 12.4. The van der Waals surface area contributed by atoms with Crippen molar-refractivity contribution >= 4 is 45.2 Å². The average Bonchev–Trinajstić information content (AvgIpc) is 3.17. The molecule has 27 heavy (non-hydrogen) atoms. The second-order valence-electron chi connectivity index (χ2n) is 6.92. The van der Waals surface area contributed by atoms with Crippen LogP contribution in [0.15, 0.2) is 22.7 Å². The van der Waals surface area contributed by atoms with E-state index in [2.05, 4.69) is 21.2 Å². The maximum Gasteiger partial charge on any atom is 0.229 e. The summed E-state index contributed by atoms with van der Waals surface area (Å²) in [5, 5.41) is 2.82. The molecule has 1 aromatic rings.